The number of carbonyl (C=O) groups excluding carboxylic acids is 1. The number of hydrogen-bond acceptors (Lipinski definition) is 13. The predicted molar refractivity (Wildman–Crippen MR) is 262 cm³/mol. The Labute approximate surface area is 397 Å². The summed E-state index contributed by atoms with van der Waals surface area (Å²) >= 11 is 0. The van der Waals surface area contributed by atoms with Gasteiger partial charge >= 0.3 is 0 Å². The van der Waals surface area contributed by atoms with E-state index >= 15 is 0 Å². The number of nitro groups is 1. The number of anilines is 3. The predicted octanol–water partition coefficient (Wildman–Crippen LogP) is 9.25. The molecule has 1 amide bonds. The first-order chi connectivity index (χ1) is 32.6. The lowest BCUT2D eigenvalue weighted by molar-refractivity contribution is -0.384. The molecule has 5 heterocycles. The van der Waals surface area contributed by atoms with Gasteiger partial charge in [-0.1, -0.05) is 38.1 Å². The zero-order valence-electron chi connectivity index (χ0n) is 39.2. The fraction of sp³-hybridized carbons (Fsp3) is 0.490. The molecule has 0 radical (unpaired) electrons. The quantitative estimate of drug-likeness (QED) is 0.0585. The number of hydrogen-bond donors (Lipinski definition) is 5. The van der Waals surface area contributed by atoms with Gasteiger partial charge in [-0.2, -0.15) is 0 Å². The second-order valence-electron chi connectivity index (χ2n) is 20.4. The molecular weight excluding hydrogens is 885 g/mol. The van der Waals surface area contributed by atoms with Crippen molar-refractivity contribution in [3.63, 3.8) is 0 Å². The number of pyridine rings is 1. The Bertz CT molecular complexity index is 2840. The van der Waals surface area contributed by atoms with Gasteiger partial charge in [0.05, 0.1) is 27.0 Å². The number of aromatic amines is 1. The normalized spacial score (nSPS) is 24.0. The molecule has 16 nitrogen and oxygen atoms in total. The smallest absolute Gasteiger partial charge is 0.297 e. The second-order valence-corrected chi connectivity index (χ2v) is 22.1. The number of sulfonamides is 1. The standard InChI is InChI=1S/C51H62N8O8S/c1-31(2)37-8-5-6-9-38(37)41-10-7-21-58(41)35-28-51(29-35)18-22-57(23-19-51)34-11-12-39(43(25-34)67-45-24-33-15-20-53-47(33)55-48(45)52-4)49(60)56-68(64,65)36-26-42(59(62)63)46-44(27-36)66-30-40(54-46)32-13-16-50(3,61)17-14-32/h5-6,8-9,11-12,15,20,24-27,31-32,35,40-41,54,61H,7,10,13-14,16-19,21-23,28-30H2,1-4H3,(H,56,60)(H2,52,53,55)/t32?,40-,41-,50?/m1/s1. The lowest BCUT2D eigenvalue weighted by atomic mass is 9.59. The number of aliphatic hydroxyl groups is 1. The van der Waals surface area contributed by atoms with Gasteiger partial charge in [0.15, 0.2) is 23.0 Å². The molecule has 3 aromatic carbocycles. The molecule has 3 aliphatic heterocycles. The van der Waals surface area contributed by atoms with Gasteiger partial charge in [-0.25, -0.2) is 18.1 Å². The van der Waals surface area contributed by atoms with Crippen molar-refractivity contribution in [2.24, 2.45) is 11.3 Å². The van der Waals surface area contributed by atoms with Crippen LogP contribution in [0.2, 0.25) is 0 Å². The van der Waals surface area contributed by atoms with Gasteiger partial charge in [-0.3, -0.25) is 19.8 Å². The van der Waals surface area contributed by atoms with Gasteiger partial charge in [0.2, 0.25) is 0 Å². The maximum atomic E-state index is 14.2. The van der Waals surface area contributed by atoms with Crippen molar-refractivity contribution in [1.29, 1.82) is 0 Å². The van der Waals surface area contributed by atoms with Gasteiger partial charge in [0, 0.05) is 67.7 Å². The molecule has 5 N–H and O–H groups in total. The van der Waals surface area contributed by atoms with Crippen LogP contribution in [-0.2, 0) is 10.0 Å². The van der Waals surface area contributed by atoms with E-state index in [9.17, 15) is 28.4 Å². The third-order valence-electron chi connectivity index (χ3n) is 15.6. The van der Waals surface area contributed by atoms with Crippen LogP contribution >= 0.6 is 0 Å². The highest BCUT2D eigenvalue weighted by Gasteiger charge is 2.50. The zero-order valence-corrected chi connectivity index (χ0v) is 40.0. The van der Waals surface area contributed by atoms with Crippen LogP contribution in [0.4, 0.5) is 22.9 Å². The van der Waals surface area contributed by atoms with E-state index in [4.69, 9.17) is 9.47 Å². The molecule has 68 heavy (non-hydrogen) atoms. The first kappa shape index (κ1) is 45.9. The molecule has 5 aromatic rings. The highest BCUT2D eigenvalue weighted by molar-refractivity contribution is 7.90. The molecule has 0 bridgehead atoms. The molecule has 2 saturated heterocycles. The molecule has 1 spiro atoms. The zero-order chi connectivity index (χ0) is 47.5. The first-order valence-electron chi connectivity index (χ1n) is 24.2. The van der Waals surface area contributed by atoms with E-state index in [1.165, 1.54) is 42.9 Å². The molecule has 0 unspecified atom stereocenters. The number of amides is 1. The van der Waals surface area contributed by atoms with E-state index in [1.807, 2.05) is 19.1 Å². The SMILES string of the molecule is CNc1nc2[nH]ccc2cc1Oc1cc(N2CCC3(CC2)CC(N2CCC[C@@H]2c2ccccc2C(C)C)C3)ccc1C(=O)NS(=O)(=O)c1cc2c(c([N+](=O)[O-])c1)N[C@@H](C1CCC(C)(O)CC1)CO2. The summed E-state index contributed by atoms with van der Waals surface area (Å²) in [6.45, 7) is 9.32. The van der Waals surface area contributed by atoms with Gasteiger partial charge < -0.3 is 35.1 Å². The number of aromatic nitrogens is 2. The third-order valence-corrected chi connectivity index (χ3v) is 17.0. The highest BCUT2D eigenvalue weighted by atomic mass is 32.2. The van der Waals surface area contributed by atoms with Crippen LogP contribution in [0.15, 0.2) is 77.8 Å². The minimum Gasteiger partial charge on any atom is -0.489 e. The van der Waals surface area contributed by atoms with Crippen molar-refractivity contribution in [2.75, 3.05) is 48.8 Å². The Morgan fingerprint density at radius 1 is 1.00 bits per heavy atom. The average Bonchev–Trinajstić information content (AvgIpc) is 3.99. The summed E-state index contributed by atoms with van der Waals surface area (Å²) in [6, 6.07) is 20.7. The summed E-state index contributed by atoms with van der Waals surface area (Å²) in [4.78, 5) is 38.4. The van der Waals surface area contributed by atoms with Crippen LogP contribution in [0, 0.1) is 21.4 Å². The third kappa shape index (κ3) is 8.84. The minimum atomic E-state index is -4.68. The number of nitro benzene ring substituents is 1. The molecule has 2 aromatic heterocycles. The topological polar surface area (TPSA) is 204 Å². The molecule has 17 heteroatoms. The monoisotopic (exact) mass is 946 g/mol. The van der Waals surface area contributed by atoms with E-state index < -0.39 is 37.0 Å². The van der Waals surface area contributed by atoms with E-state index in [0.717, 1.165) is 49.6 Å². The molecular formula is C51H62N8O8S. The molecule has 10 rings (SSSR count). The Morgan fingerprint density at radius 3 is 2.50 bits per heavy atom. The largest absolute Gasteiger partial charge is 0.489 e. The summed E-state index contributed by atoms with van der Waals surface area (Å²) in [6.07, 6.45) is 11.3. The number of likely N-dealkylation sites (tertiary alicyclic amines) is 1. The van der Waals surface area contributed by atoms with Crippen molar-refractivity contribution in [3.05, 3.63) is 99.7 Å². The van der Waals surface area contributed by atoms with Crippen LogP contribution in [0.1, 0.15) is 118 Å². The molecule has 2 saturated carbocycles. The van der Waals surface area contributed by atoms with Gasteiger partial charge in [0.25, 0.3) is 21.6 Å². The van der Waals surface area contributed by atoms with Crippen LogP contribution in [0.3, 0.4) is 0 Å². The number of H-pyrrole nitrogens is 1. The number of piperidine rings is 1. The maximum absolute atomic E-state index is 14.2. The van der Waals surface area contributed by atoms with Crippen LogP contribution in [0.5, 0.6) is 17.2 Å². The highest BCUT2D eigenvalue weighted by Crippen LogP contribution is 2.54. The number of ether oxygens (including phenoxy) is 2. The molecule has 4 fully saturated rings. The van der Waals surface area contributed by atoms with Gasteiger partial charge in [-0.15, -0.1) is 0 Å². The lowest BCUT2D eigenvalue weighted by Crippen LogP contribution is -2.54. The van der Waals surface area contributed by atoms with Crippen LogP contribution < -0.4 is 29.7 Å². The van der Waals surface area contributed by atoms with Crippen molar-refractivity contribution in [2.45, 2.75) is 120 Å². The number of benzene rings is 3. The van der Waals surface area contributed by atoms with Gasteiger partial charge in [0.1, 0.15) is 18.0 Å². The van der Waals surface area contributed by atoms with Crippen molar-refractivity contribution >= 4 is 49.8 Å². The van der Waals surface area contributed by atoms with E-state index in [2.05, 4.69) is 73.2 Å². The number of fused-ring (bicyclic) bond motifs is 2. The summed E-state index contributed by atoms with van der Waals surface area (Å²) in [7, 11) is -2.97. The molecule has 360 valence electrons. The Hall–Kier alpha value is -5.91. The van der Waals surface area contributed by atoms with Crippen molar-refractivity contribution in [3.8, 4) is 17.2 Å². The van der Waals surface area contributed by atoms with Gasteiger partial charge in [-0.05, 0) is 130 Å². The summed E-state index contributed by atoms with van der Waals surface area (Å²) < 4.78 is 42.8. The summed E-state index contributed by atoms with van der Waals surface area (Å²) in [5, 5.41) is 30.0. The lowest BCUT2D eigenvalue weighted by Gasteiger charge is -2.56. The Kier molecular flexibility index (Phi) is 12.1. The first-order valence-corrected chi connectivity index (χ1v) is 25.7. The fourth-order valence-electron chi connectivity index (χ4n) is 11.7. The number of carbonyl (C=O) groups is 1. The number of rotatable bonds is 12. The molecule has 2 atom stereocenters. The molecule has 5 aliphatic rings. The second kappa shape index (κ2) is 17.9. The van der Waals surface area contributed by atoms with Crippen molar-refractivity contribution in [1.82, 2.24) is 19.6 Å². The number of nitrogens with one attached hydrogen (secondary N) is 4. The summed E-state index contributed by atoms with van der Waals surface area (Å²) in [5.74, 6) is 0.468. The summed E-state index contributed by atoms with van der Waals surface area (Å²) in [5.41, 5.74) is 3.49. The fourth-order valence-corrected chi connectivity index (χ4v) is 12.7. The van der Waals surface area contributed by atoms with Crippen molar-refractivity contribution < 1.29 is 32.7 Å². The Balaban J connectivity index is 0.875. The van der Waals surface area contributed by atoms with E-state index in [1.54, 1.807) is 31.4 Å². The van der Waals surface area contributed by atoms with E-state index in [0.29, 0.717) is 60.9 Å². The molecule has 2 aliphatic carbocycles. The van der Waals surface area contributed by atoms with Crippen LogP contribution in [-0.4, -0.2) is 90.2 Å². The van der Waals surface area contributed by atoms with E-state index in [-0.39, 0.29) is 46.7 Å². The van der Waals surface area contributed by atoms with Crippen LogP contribution in [0.25, 0.3) is 11.0 Å². The Morgan fingerprint density at radius 2 is 1.76 bits per heavy atom. The average molecular weight is 947 g/mol. The number of nitrogens with zero attached hydrogens (tertiary/aromatic N) is 4. The minimum absolute atomic E-state index is 0.0000788. The maximum Gasteiger partial charge on any atom is 0.297 e.